The summed E-state index contributed by atoms with van der Waals surface area (Å²) in [5.74, 6) is 1.70. The van der Waals surface area contributed by atoms with Crippen molar-refractivity contribution in [2.24, 2.45) is 11.8 Å². The van der Waals surface area contributed by atoms with Gasteiger partial charge in [-0.15, -0.1) is 0 Å². The highest BCUT2D eigenvalue weighted by Gasteiger charge is 2.45. The quantitative estimate of drug-likeness (QED) is 0.719. The standard InChI is InChI=1S/C18H20N2/c1-2-6-13-12(5-1)11-20-10-9-15-14-7-3-4-8-16(14)19-17(15)18(13)20/h1-4,7-8,12-13,18-19H,5-6,9-11H2/t12-,13+,18-/m1/s1. The van der Waals surface area contributed by atoms with Gasteiger partial charge in [-0.3, -0.25) is 4.90 Å². The van der Waals surface area contributed by atoms with E-state index in [1.54, 1.807) is 5.56 Å². The highest BCUT2D eigenvalue weighted by atomic mass is 15.2. The van der Waals surface area contributed by atoms with Crippen molar-refractivity contribution >= 4 is 10.9 Å². The molecule has 2 aromatic rings. The summed E-state index contributed by atoms with van der Waals surface area (Å²) in [4.78, 5) is 6.49. The zero-order valence-corrected chi connectivity index (χ0v) is 11.7. The van der Waals surface area contributed by atoms with Gasteiger partial charge in [-0.1, -0.05) is 30.4 Å². The highest BCUT2D eigenvalue weighted by Crippen LogP contribution is 2.49. The smallest absolute Gasteiger partial charge is 0.0536 e. The van der Waals surface area contributed by atoms with Crippen LogP contribution < -0.4 is 0 Å². The first-order valence-electron chi connectivity index (χ1n) is 7.90. The fraction of sp³-hybridized carbons (Fsp3) is 0.444. The molecular formula is C18H20N2. The lowest BCUT2D eigenvalue weighted by atomic mass is 9.80. The number of hydrogen-bond acceptors (Lipinski definition) is 1. The second-order valence-electron chi connectivity index (χ2n) is 6.62. The van der Waals surface area contributed by atoms with Crippen LogP contribution in [-0.4, -0.2) is 23.0 Å². The van der Waals surface area contributed by atoms with Crippen LogP contribution in [0.3, 0.4) is 0 Å². The van der Waals surface area contributed by atoms with Crippen molar-refractivity contribution in [1.29, 1.82) is 0 Å². The van der Waals surface area contributed by atoms with Gasteiger partial charge in [-0.05, 0) is 42.7 Å². The molecule has 102 valence electrons. The van der Waals surface area contributed by atoms with Crippen molar-refractivity contribution in [2.45, 2.75) is 25.3 Å². The Morgan fingerprint density at radius 2 is 2.00 bits per heavy atom. The number of H-pyrrole nitrogens is 1. The van der Waals surface area contributed by atoms with Gasteiger partial charge >= 0.3 is 0 Å². The molecule has 5 rings (SSSR count). The van der Waals surface area contributed by atoms with Crippen LogP contribution in [0.15, 0.2) is 36.4 Å². The molecule has 1 saturated heterocycles. The second-order valence-corrected chi connectivity index (χ2v) is 6.62. The number of aromatic amines is 1. The van der Waals surface area contributed by atoms with Gasteiger partial charge < -0.3 is 4.98 Å². The molecule has 0 radical (unpaired) electrons. The first kappa shape index (κ1) is 11.2. The van der Waals surface area contributed by atoms with Gasteiger partial charge in [-0.2, -0.15) is 0 Å². The largest absolute Gasteiger partial charge is 0.357 e. The third-order valence-electron chi connectivity index (χ3n) is 5.68. The molecule has 0 bridgehead atoms. The SMILES string of the molecule is C1=CC[C@H]2[C@H](C1)CN1CCc3c([nH]c4ccccc34)[C@@H]21. The van der Waals surface area contributed by atoms with E-state index in [2.05, 4.69) is 46.3 Å². The Bertz CT molecular complexity index is 697. The van der Waals surface area contributed by atoms with Crippen LogP contribution in [0.4, 0.5) is 0 Å². The van der Waals surface area contributed by atoms with Crippen molar-refractivity contribution in [3.63, 3.8) is 0 Å². The number of allylic oxidation sites excluding steroid dienone is 2. The van der Waals surface area contributed by atoms with Crippen LogP contribution in [0.2, 0.25) is 0 Å². The highest BCUT2D eigenvalue weighted by molar-refractivity contribution is 5.85. The average Bonchev–Trinajstić information content (AvgIpc) is 3.04. The number of nitrogens with zero attached hydrogens (tertiary/aromatic N) is 1. The summed E-state index contributed by atoms with van der Waals surface area (Å²) >= 11 is 0. The molecule has 1 aromatic carbocycles. The summed E-state index contributed by atoms with van der Waals surface area (Å²) < 4.78 is 0. The first-order valence-corrected chi connectivity index (χ1v) is 7.90. The lowest BCUT2D eigenvalue weighted by molar-refractivity contribution is 0.211. The second kappa shape index (κ2) is 3.98. The van der Waals surface area contributed by atoms with Crippen LogP contribution in [0.25, 0.3) is 10.9 Å². The van der Waals surface area contributed by atoms with Gasteiger partial charge in [0.15, 0.2) is 0 Å². The number of aromatic nitrogens is 1. The summed E-state index contributed by atoms with van der Waals surface area (Å²) in [6.45, 7) is 2.54. The minimum absolute atomic E-state index is 0.640. The fourth-order valence-electron chi connectivity index (χ4n) is 4.80. The van der Waals surface area contributed by atoms with E-state index in [-0.39, 0.29) is 0 Å². The summed E-state index contributed by atoms with van der Waals surface area (Å²) in [5.41, 5.74) is 4.45. The zero-order chi connectivity index (χ0) is 13.1. The van der Waals surface area contributed by atoms with E-state index in [0.29, 0.717) is 6.04 Å². The molecule has 1 N–H and O–H groups in total. The van der Waals surface area contributed by atoms with Gasteiger partial charge in [0.1, 0.15) is 0 Å². The molecule has 2 heteroatoms. The van der Waals surface area contributed by atoms with Crippen molar-refractivity contribution in [2.75, 3.05) is 13.1 Å². The summed E-state index contributed by atoms with van der Waals surface area (Å²) in [7, 11) is 0. The molecule has 0 unspecified atom stereocenters. The van der Waals surface area contributed by atoms with E-state index in [0.717, 1.165) is 11.8 Å². The Balaban J connectivity index is 1.68. The Kier molecular flexibility index (Phi) is 2.22. The molecule has 0 amide bonds. The number of rotatable bonds is 0. The van der Waals surface area contributed by atoms with Gasteiger partial charge in [0.25, 0.3) is 0 Å². The molecule has 20 heavy (non-hydrogen) atoms. The lowest BCUT2D eigenvalue weighted by Gasteiger charge is -2.33. The van der Waals surface area contributed by atoms with Crippen molar-refractivity contribution < 1.29 is 0 Å². The van der Waals surface area contributed by atoms with Gasteiger partial charge in [-0.25, -0.2) is 0 Å². The van der Waals surface area contributed by atoms with Crippen LogP contribution in [0, 0.1) is 11.8 Å². The minimum Gasteiger partial charge on any atom is -0.357 e. The molecule has 2 aliphatic heterocycles. The van der Waals surface area contributed by atoms with E-state index in [9.17, 15) is 0 Å². The summed E-state index contributed by atoms with van der Waals surface area (Å²) in [5, 5.41) is 1.46. The molecular weight excluding hydrogens is 244 g/mol. The average molecular weight is 264 g/mol. The Hall–Kier alpha value is -1.54. The molecule has 3 aliphatic rings. The van der Waals surface area contributed by atoms with Crippen molar-refractivity contribution in [3.05, 3.63) is 47.7 Å². The van der Waals surface area contributed by atoms with E-state index >= 15 is 0 Å². The number of nitrogens with one attached hydrogen (secondary N) is 1. The molecule has 0 spiro atoms. The van der Waals surface area contributed by atoms with Crippen LogP contribution in [-0.2, 0) is 6.42 Å². The van der Waals surface area contributed by atoms with E-state index < -0.39 is 0 Å². The number of hydrogen-bond donors (Lipinski definition) is 1. The number of fused-ring (bicyclic) bond motifs is 7. The summed E-state index contributed by atoms with van der Waals surface area (Å²) in [6.07, 6.45) is 8.56. The molecule has 1 aliphatic carbocycles. The topological polar surface area (TPSA) is 19.0 Å². The Morgan fingerprint density at radius 3 is 3.00 bits per heavy atom. The van der Waals surface area contributed by atoms with E-state index in [1.807, 2.05) is 0 Å². The monoisotopic (exact) mass is 264 g/mol. The van der Waals surface area contributed by atoms with Gasteiger partial charge in [0.2, 0.25) is 0 Å². The molecule has 1 aromatic heterocycles. The first-order chi connectivity index (χ1) is 9.92. The maximum absolute atomic E-state index is 3.75. The van der Waals surface area contributed by atoms with E-state index in [1.165, 1.54) is 48.9 Å². The molecule has 1 fully saturated rings. The zero-order valence-electron chi connectivity index (χ0n) is 11.7. The summed E-state index contributed by atoms with van der Waals surface area (Å²) in [6, 6.07) is 9.46. The predicted molar refractivity (Wildman–Crippen MR) is 81.7 cm³/mol. The third-order valence-corrected chi connectivity index (χ3v) is 5.68. The third kappa shape index (κ3) is 1.38. The van der Waals surface area contributed by atoms with Crippen LogP contribution in [0.5, 0.6) is 0 Å². The molecule has 0 saturated carbocycles. The van der Waals surface area contributed by atoms with Crippen molar-refractivity contribution in [3.8, 4) is 0 Å². The Labute approximate surface area is 119 Å². The van der Waals surface area contributed by atoms with Gasteiger partial charge in [0, 0.05) is 29.7 Å². The molecule has 3 heterocycles. The maximum atomic E-state index is 3.75. The number of para-hydroxylation sites is 1. The number of benzene rings is 1. The molecule has 3 atom stereocenters. The Morgan fingerprint density at radius 1 is 1.10 bits per heavy atom. The maximum Gasteiger partial charge on any atom is 0.0536 e. The predicted octanol–water partition coefficient (Wildman–Crippen LogP) is 3.66. The lowest BCUT2D eigenvalue weighted by Crippen LogP contribution is -2.32. The van der Waals surface area contributed by atoms with E-state index in [4.69, 9.17) is 0 Å². The fourth-order valence-corrected chi connectivity index (χ4v) is 4.80. The van der Waals surface area contributed by atoms with Crippen LogP contribution in [0.1, 0.15) is 30.1 Å². The van der Waals surface area contributed by atoms with Crippen molar-refractivity contribution in [1.82, 2.24) is 9.88 Å². The normalized spacial score (nSPS) is 32.1. The minimum atomic E-state index is 0.640. The van der Waals surface area contributed by atoms with Crippen LogP contribution >= 0.6 is 0 Å². The van der Waals surface area contributed by atoms with Gasteiger partial charge in [0.05, 0.1) is 6.04 Å². The molecule has 2 nitrogen and oxygen atoms in total.